The van der Waals surface area contributed by atoms with E-state index in [1.165, 1.54) is 0 Å². The summed E-state index contributed by atoms with van der Waals surface area (Å²) < 4.78 is 4.42. The van der Waals surface area contributed by atoms with E-state index in [0.29, 0.717) is 0 Å². The summed E-state index contributed by atoms with van der Waals surface area (Å²) in [5, 5.41) is 4.05. The van der Waals surface area contributed by atoms with Crippen LogP contribution in [0.1, 0.15) is 17.3 Å². The maximum Gasteiger partial charge on any atom is 0.543 e. The van der Waals surface area contributed by atoms with Gasteiger partial charge < -0.3 is 4.74 Å². The highest BCUT2D eigenvalue weighted by Crippen LogP contribution is 2.19. The molecule has 0 amide bonds. The summed E-state index contributed by atoms with van der Waals surface area (Å²) in [5.41, 5.74) is 2.25. The van der Waals surface area contributed by atoms with Crippen molar-refractivity contribution in [3.8, 4) is 11.1 Å². The summed E-state index contributed by atoms with van der Waals surface area (Å²) in [6.45, 7) is 1.72. The summed E-state index contributed by atoms with van der Waals surface area (Å²) in [6, 6.07) is 16.4. The number of hydrogen-bond donors (Lipinski definition) is 0. The summed E-state index contributed by atoms with van der Waals surface area (Å²) in [6.07, 6.45) is -1.09. The quantitative estimate of drug-likeness (QED) is 0.478. The Hall–Kier alpha value is -2.86. The van der Waals surface area contributed by atoms with Crippen LogP contribution in [0.25, 0.3) is 11.1 Å². The van der Waals surface area contributed by atoms with E-state index >= 15 is 0 Å². The summed E-state index contributed by atoms with van der Waals surface area (Å²) in [5.74, 6) is -0.788. The van der Waals surface area contributed by atoms with Gasteiger partial charge in [-0.05, 0) is 30.2 Å². The fourth-order valence-electron chi connectivity index (χ4n) is 1.70. The Morgan fingerprint density at radius 2 is 1.50 bits per heavy atom. The van der Waals surface area contributed by atoms with Gasteiger partial charge in [0.25, 0.3) is 0 Å². The minimum absolute atomic E-state index is 0.122. The Morgan fingerprint density at radius 1 is 0.864 bits per heavy atom. The zero-order valence-electron chi connectivity index (χ0n) is 11.9. The van der Waals surface area contributed by atoms with E-state index in [4.69, 9.17) is 0 Å². The fourth-order valence-corrected chi connectivity index (χ4v) is 1.70. The van der Waals surface area contributed by atoms with Crippen LogP contribution in [-0.2, 0) is 19.6 Å². The van der Waals surface area contributed by atoms with Crippen LogP contribution in [0.5, 0.6) is 0 Å². The number of ether oxygens (including phenoxy) is 1. The minimum atomic E-state index is -1.09. The average Bonchev–Trinajstić information content (AvgIpc) is 2.56. The van der Waals surface area contributed by atoms with Crippen LogP contribution in [0.15, 0.2) is 54.6 Å². The molecule has 0 atom stereocenters. The van der Waals surface area contributed by atoms with E-state index in [2.05, 4.69) is 19.6 Å². The smallest absolute Gasteiger partial charge is 0.433 e. The highest BCUT2D eigenvalue weighted by molar-refractivity contribution is 5.89. The second kappa shape index (κ2) is 7.80. The first-order valence-electron chi connectivity index (χ1n) is 6.58. The molecule has 0 aliphatic carbocycles. The second-order valence-electron chi connectivity index (χ2n) is 4.15. The Kier molecular flexibility index (Phi) is 5.50. The summed E-state index contributed by atoms with van der Waals surface area (Å²) >= 11 is 0. The van der Waals surface area contributed by atoms with Gasteiger partial charge in [0.15, 0.2) is 0 Å². The number of hydrogen-bond acceptors (Lipinski definition) is 6. The van der Waals surface area contributed by atoms with Crippen LogP contribution in [0.2, 0.25) is 0 Å². The molecule has 6 nitrogen and oxygen atoms in total. The van der Waals surface area contributed by atoms with Gasteiger partial charge in [0.2, 0.25) is 0 Å². The highest BCUT2D eigenvalue weighted by Gasteiger charge is 2.11. The molecule has 0 N–H and O–H groups in total. The first kappa shape index (κ1) is 15.5. The lowest BCUT2D eigenvalue weighted by Gasteiger charge is -2.04. The maximum absolute atomic E-state index is 11.7. The topological polar surface area (TPSA) is 71.1 Å². The molecule has 0 aromatic heterocycles. The van der Waals surface area contributed by atoms with Crippen molar-refractivity contribution in [3.63, 3.8) is 0 Å². The third kappa shape index (κ3) is 4.32. The molecule has 2 aromatic carbocycles. The molecule has 0 aliphatic rings. The first-order valence-corrected chi connectivity index (χ1v) is 6.58. The zero-order valence-corrected chi connectivity index (χ0v) is 11.9. The van der Waals surface area contributed by atoms with E-state index in [0.717, 1.165) is 11.1 Å². The van der Waals surface area contributed by atoms with Crippen molar-refractivity contribution in [3.05, 3.63) is 60.2 Å². The summed E-state index contributed by atoms with van der Waals surface area (Å²) in [7, 11) is 0. The Labute approximate surface area is 127 Å². The molecule has 0 aliphatic heterocycles. The van der Waals surface area contributed by atoms with Gasteiger partial charge in [0, 0.05) is 0 Å². The molecular formula is C16H14O6. The Bertz CT molecular complexity index is 621. The lowest BCUT2D eigenvalue weighted by molar-refractivity contribution is -0.452. The zero-order chi connectivity index (χ0) is 15.8. The van der Waals surface area contributed by atoms with Crippen molar-refractivity contribution in [2.75, 3.05) is 6.61 Å². The number of rotatable bonds is 5. The van der Waals surface area contributed by atoms with Gasteiger partial charge in [-0.3, -0.25) is 4.89 Å². The van der Waals surface area contributed by atoms with Crippen molar-refractivity contribution < 1.29 is 29.1 Å². The number of benzene rings is 2. The van der Waals surface area contributed by atoms with Gasteiger partial charge in [0.05, 0.1) is 17.2 Å². The normalized spacial score (nSPS) is 9.86. The molecule has 6 heteroatoms. The molecule has 0 saturated carbocycles. The van der Waals surface area contributed by atoms with E-state index < -0.39 is 12.1 Å². The monoisotopic (exact) mass is 302 g/mol. The van der Waals surface area contributed by atoms with Crippen LogP contribution in [0.3, 0.4) is 0 Å². The lowest BCUT2D eigenvalue weighted by Crippen LogP contribution is -2.11. The minimum Gasteiger partial charge on any atom is -0.433 e. The molecule has 0 radical (unpaired) electrons. The second-order valence-corrected chi connectivity index (χ2v) is 4.15. The van der Waals surface area contributed by atoms with Crippen molar-refractivity contribution in [2.24, 2.45) is 0 Å². The maximum atomic E-state index is 11.7. The van der Waals surface area contributed by atoms with Gasteiger partial charge in [0.1, 0.15) is 0 Å². The van der Waals surface area contributed by atoms with Crippen LogP contribution in [0.4, 0.5) is 4.79 Å². The molecule has 22 heavy (non-hydrogen) atoms. The predicted octanol–water partition coefficient (Wildman–Crippen LogP) is 3.53. The predicted molar refractivity (Wildman–Crippen MR) is 76.5 cm³/mol. The third-order valence-corrected chi connectivity index (χ3v) is 2.70. The SMILES string of the molecule is CCOC(=O)OOOC(=O)c1ccc(-c2ccccc2)cc1. The van der Waals surface area contributed by atoms with Gasteiger partial charge in [-0.1, -0.05) is 42.5 Å². The van der Waals surface area contributed by atoms with Crippen molar-refractivity contribution in [1.82, 2.24) is 0 Å². The lowest BCUT2D eigenvalue weighted by atomic mass is 10.0. The van der Waals surface area contributed by atoms with Crippen LogP contribution in [0, 0.1) is 0 Å². The van der Waals surface area contributed by atoms with Gasteiger partial charge in [-0.2, -0.15) is 0 Å². The standard InChI is InChI=1S/C16H14O6/c1-2-19-16(18)21-22-20-15(17)14-10-8-13(9-11-14)12-6-4-3-5-7-12/h3-11H,2H2,1H3. The highest BCUT2D eigenvalue weighted by atomic mass is 17.5. The number of carbonyl (C=O) groups excluding carboxylic acids is 2. The Balaban J connectivity index is 1.90. The van der Waals surface area contributed by atoms with E-state index in [1.807, 2.05) is 30.3 Å². The van der Waals surface area contributed by atoms with Gasteiger partial charge in [-0.15, -0.1) is 0 Å². The van der Waals surface area contributed by atoms with Crippen molar-refractivity contribution >= 4 is 12.1 Å². The molecule has 0 fully saturated rings. The van der Waals surface area contributed by atoms with E-state index in [-0.39, 0.29) is 12.2 Å². The molecule has 0 heterocycles. The van der Waals surface area contributed by atoms with Crippen LogP contribution >= 0.6 is 0 Å². The van der Waals surface area contributed by atoms with Crippen LogP contribution < -0.4 is 0 Å². The van der Waals surface area contributed by atoms with E-state index in [9.17, 15) is 9.59 Å². The van der Waals surface area contributed by atoms with Crippen LogP contribution in [-0.4, -0.2) is 18.7 Å². The Morgan fingerprint density at radius 3 is 2.14 bits per heavy atom. The molecule has 0 spiro atoms. The average molecular weight is 302 g/mol. The molecule has 114 valence electrons. The molecule has 2 rings (SSSR count). The first-order chi connectivity index (χ1) is 10.7. The molecular weight excluding hydrogens is 288 g/mol. The summed E-state index contributed by atoms with van der Waals surface area (Å²) in [4.78, 5) is 30.8. The fraction of sp³-hybridized carbons (Fsp3) is 0.125. The van der Waals surface area contributed by atoms with Gasteiger partial charge in [-0.25, -0.2) is 14.5 Å². The van der Waals surface area contributed by atoms with E-state index in [1.54, 1.807) is 31.2 Å². The molecule has 0 unspecified atom stereocenters. The van der Waals surface area contributed by atoms with Gasteiger partial charge >= 0.3 is 12.1 Å². The molecule has 2 aromatic rings. The van der Waals surface area contributed by atoms with Crippen molar-refractivity contribution in [1.29, 1.82) is 0 Å². The third-order valence-electron chi connectivity index (χ3n) is 2.70. The largest absolute Gasteiger partial charge is 0.543 e. The van der Waals surface area contributed by atoms with Crippen molar-refractivity contribution in [2.45, 2.75) is 6.92 Å². The molecule has 0 saturated heterocycles. The molecule has 0 bridgehead atoms. The number of carbonyl (C=O) groups is 2.